The van der Waals surface area contributed by atoms with Gasteiger partial charge in [0.2, 0.25) is 11.8 Å². The van der Waals surface area contributed by atoms with E-state index in [4.69, 9.17) is 5.73 Å². The SMILES string of the molecule is Cn1c(C(=O)O)c([C@]2(C(N)=O)CCCC[C@H]2C(=O)NC(C#N)Cc2cccnc2)c2ccccc21. The lowest BCUT2D eigenvalue weighted by Crippen LogP contribution is -2.56. The zero-order valence-corrected chi connectivity index (χ0v) is 19.4. The van der Waals surface area contributed by atoms with Crippen LogP contribution in [-0.2, 0) is 28.5 Å². The number of amides is 2. The van der Waals surface area contributed by atoms with Crippen molar-refractivity contribution in [1.29, 1.82) is 5.26 Å². The number of primary amides is 1. The lowest BCUT2D eigenvalue weighted by Gasteiger charge is -2.41. The van der Waals surface area contributed by atoms with E-state index < -0.39 is 35.2 Å². The van der Waals surface area contributed by atoms with Crippen LogP contribution >= 0.6 is 0 Å². The zero-order valence-electron chi connectivity index (χ0n) is 19.4. The van der Waals surface area contributed by atoms with Gasteiger partial charge in [0.05, 0.1) is 17.4 Å². The molecule has 2 amide bonds. The number of pyridine rings is 1. The summed E-state index contributed by atoms with van der Waals surface area (Å²) in [6, 6.07) is 11.9. The van der Waals surface area contributed by atoms with Gasteiger partial charge in [-0.2, -0.15) is 5.26 Å². The van der Waals surface area contributed by atoms with Crippen molar-refractivity contribution < 1.29 is 19.5 Å². The number of nitrogens with zero attached hydrogens (tertiary/aromatic N) is 3. The van der Waals surface area contributed by atoms with Gasteiger partial charge in [-0.1, -0.05) is 37.1 Å². The van der Waals surface area contributed by atoms with Gasteiger partial charge < -0.3 is 20.7 Å². The van der Waals surface area contributed by atoms with Crippen LogP contribution in [0.4, 0.5) is 0 Å². The first kappa shape index (κ1) is 24.0. The lowest BCUT2D eigenvalue weighted by molar-refractivity contribution is -0.137. The van der Waals surface area contributed by atoms with Crippen LogP contribution in [0.3, 0.4) is 0 Å². The van der Waals surface area contributed by atoms with Crippen molar-refractivity contribution in [2.75, 3.05) is 0 Å². The van der Waals surface area contributed by atoms with Crippen LogP contribution in [0.25, 0.3) is 10.9 Å². The van der Waals surface area contributed by atoms with Crippen LogP contribution in [0, 0.1) is 17.2 Å². The number of carbonyl (C=O) groups excluding carboxylic acids is 2. The van der Waals surface area contributed by atoms with Crippen molar-refractivity contribution in [3.8, 4) is 6.07 Å². The molecule has 9 nitrogen and oxygen atoms in total. The predicted octanol–water partition coefficient (Wildman–Crippen LogP) is 2.44. The minimum absolute atomic E-state index is 0.0584. The Bertz CT molecular complexity index is 1330. The molecule has 9 heteroatoms. The number of carboxylic acid groups (broad SMARTS) is 1. The number of nitrogens with one attached hydrogen (secondary N) is 1. The second-order valence-corrected chi connectivity index (χ2v) is 8.99. The maximum absolute atomic E-state index is 13.6. The summed E-state index contributed by atoms with van der Waals surface area (Å²) in [6.07, 6.45) is 5.39. The minimum atomic E-state index is -1.52. The predicted molar refractivity (Wildman–Crippen MR) is 128 cm³/mol. The molecule has 0 saturated heterocycles. The molecule has 0 spiro atoms. The summed E-state index contributed by atoms with van der Waals surface area (Å²) in [6.45, 7) is 0. The largest absolute Gasteiger partial charge is 0.477 e. The van der Waals surface area contributed by atoms with Crippen LogP contribution < -0.4 is 11.1 Å². The molecule has 1 aliphatic carbocycles. The monoisotopic (exact) mass is 473 g/mol. The average Bonchev–Trinajstić information content (AvgIpc) is 3.17. The van der Waals surface area contributed by atoms with Gasteiger partial charge in [0, 0.05) is 42.3 Å². The molecule has 4 N–H and O–H groups in total. The van der Waals surface area contributed by atoms with Gasteiger partial charge >= 0.3 is 5.97 Å². The second kappa shape index (κ2) is 9.58. The first-order valence-corrected chi connectivity index (χ1v) is 11.5. The quantitative estimate of drug-likeness (QED) is 0.479. The number of hydrogen-bond donors (Lipinski definition) is 3. The summed E-state index contributed by atoms with van der Waals surface area (Å²) in [5.41, 5.74) is 6.14. The maximum atomic E-state index is 13.6. The standard InChI is InChI=1S/C26H27N5O4/c1-31-20-10-3-2-8-18(20)21(22(31)24(33)34)26(25(28)35)11-5-4-9-19(26)23(32)30-17(14-27)13-16-7-6-12-29-15-16/h2-3,6-8,10,12,15,17,19H,4-5,9,11,13H2,1H3,(H2,28,35)(H,30,32)(H,33,34)/t17?,19-,26-/m0/s1. The Morgan fingerprint density at radius 3 is 2.71 bits per heavy atom. The fourth-order valence-electron chi connectivity index (χ4n) is 5.50. The zero-order chi connectivity index (χ0) is 25.2. The van der Waals surface area contributed by atoms with Crippen molar-refractivity contribution >= 4 is 28.7 Å². The van der Waals surface area contributed by atoms with Gasteiger partial charge in [-0.15, -0.1) is 0 Å². The van der Waals surface area contributed by atoms with Crippen LogP contribution in [0.1, 0.15) is 47.3 Å². The Morgan fingerprint density at radius 1 is 1.29 bits per heavy atom. The van der Waals surface area contributed by atoms with E-state index in [-0.39, 0.29) is 24.1 Å². The highest BCUT2D eigenvalue weighted by Gasteiger charge is 2.54. The van der Waals surface area contributed by atoms with Crippen molar-refractivity contribution in [1.82, 2.24) is 14.9 Å². The molecule has 1 saturated carbocycles. The Hall–Kier alpha value is -4.19. The van der Waals surface area contributed by atoms with E-state index in [1.165, 1.54) is 4.57 Å². The Balaban J connectivity index is 1.81. The Morgan fingerprint density at radius 2 is 2.06 bits per heavy atom. The van der Waals surface area contributed by atoms with E-state index in [1.54, 1.807) is 49.8 Å². The molecule has 180 valence electrons. The number of carboxylic acids is 1. The van der Waals surface area contributed by atoms with Crippen molar-refractivity contribution in [3.63, 3.8) is 0 Å². The number of para-hydroxylation sites is 1. The highest BCUT2D eigenvalue weighted by molar-refractivity contribution is 6.06. The highest BCUT2D eigenvalue weighted by atomic mass is 16.4. The number of carbonyl (C=O) groups is 3. The molecule has 3 aromatic rings. The van der Waals surface area contributed by atoms with Gasteiger partial charge in [0.1, 0.15) is 11.7 Å². The third-order valence-electron chi connectivity index (χ3n) is 7.06. The summed E-state index contributed by atoms with van der Waals surface area (Å²) in [5.74, 6) is -3.34. The van der Waals surface area contributed by atoms with E-state index in [1.807, 2.05) is 6.07 Å². The first-order chi connectivity index (χ1) is 16.8. The fourth-order valence-corrected chi connectivity index (χ4v) is 5.50. The van der Waals surface area contributed by atoms with Crippen molar-refractivity contribution in [2.24, 2.45) is 18.7 Å². The Labute approximate surface area is 202 Å². The van der Waals surface area contributed by atoms with E-state index in [9.17, 15) is 24.8 Å². The first-order valence-electron chi connectivity index (χ1n) is 11.5. The third kappa shape index (κ3) is 4.12. The fraction of sp³-hybridized carbons (Fsp3) is 0.346. The number of fused-ring (bicyclic) bond motifs is 1. The topological polar surface area (TPSA) is 151 Å². The summed E-state index contributed by atoms with van der Waals surface area (Å²) < 4.78 is 1.53. The van der Waals surface area contributed by atoms with Crippen LogP contribution in [0.5, 0.6) is 0 Å². The summed E-state index contributed by atoms with van der Waals surface area (Å²) >= 11 is 0. The third-order valence-corrected chi connectivity index (χ3v) is 7.06. The van der Waals surface area contributed by atoms with Gasteiger partial charge in [-0.05, 0) is 30.5 Å². The number of aromatic carboxylic acids is 1. The molecule has 0 radical (unpaired) electrons. The molecular weight excluding hydrogens is 446 g/mol. The summed E-state index contributed by atoms with van der Waals surface area (Å²) in [7, 11) is 1.63. The van der Waals surface area contributed by atoms with Crippen molar-refractivity contribution in [2.45, 2.75) is 43.6 Å². The van der Waals surface area contributed by atoms with Gasteiger partial charge in [0.15, 0.2) is 0 Å². The molecule has 3 atom stereocenters. The van der Waals surface area contributed by atoms with E-state index >= 15 is 0 Å². The van der Waals surface area contributed by atoms with E-state index in [0.717, 1.165) is 5.56 Å². The summed E-state index contributed by atoms with van der Waals surface area (Å²) in [4.78, 5) is 43.3. The smallest absolute Gasteiger partial charge is 0.352 e. The summed E-state index contributed by atoms with van der Waals surface area (Å²) in [5, 5.41) is 23.2. The van der Waals surface area contributed by atoms with Gasteiger partial charge in [-0.25, -0.2) is 4.79 Å². The molecule has 1 aliphatic rings. The molecular formula is C26H27N5O4. The number of nitriles is 1. The van der Waals surface area contributed by atoms with E-state index in [2.05, 4.69) is 16.4 Å². The number of nitrogens with two attached hydrogens (primary N) is 1. The number of aryl methyl sites for hydroxylation is 1. The molecule has 2 heterocycles. The molecule has 0 aliphatic heterocycles. The second-order valence-electron chi connectivity index (χ2n) is 8.99. The van der Waals surface area contributed by atoms with Gasteiger partial charge in [0.25, 0.3) is 0 Å². The minimum Gasteiger partial charge on any atom is -0.477 e. The molecule has 1 fully saturated rings. The van der Waals surface area contributed by atoms with Crippen LogP contribution in [-0.4, -0.2) is 38.5 Å². The average molecular weight is 474 g/mol. The molecule has 4 rings (SSSR count). The maximum Gasteiger partial charge on any atom is 0.352 e. The molecule has 2 aromatic heterocycles. The Kier molecular flexibility index (Phi) is 6.56. The number of aromatic nitrogens is 2. The molecule has 35 heavy (non-hydrogen) atoms. The van der Waals surface area contributed by atoms with Crippen LogP contribution in [0.2, 0.25) is 0 Å². The number of rotatable bonds is 7. The molecule has 0 bridgehead atoms. The lowest BCUT2D eigenvalue weighted by atomic mass is 9.60. The number of benzene rings is 1. The molecule has 1 unspecified atom stereocenters. The molecule has 1 aromatic carbocycles. The van der Waals surface area contributed by atoms with Gasteiger partial charge in [-0.3, -0.25) is 14.6 Å². The van der Waals surface area contributed by atoms with Crippen molar-refractivity contribution in [3.05, 3.63) is 65.6 Å². The highest BCUT2D eigenvalue weighted by Crippen LogP contribution is 2.48. The van der Waals surface area contributed by atoms with E-state index in [0.29, 0.717) is 30.2 Å². The number of hydrogen-bond acceptors (Lipinski definition) is 5. The normalized spacial score (nSPS) is 20.6. The van der Waals surface area contributed by atoms with Crippen LogP contribution in [0.15, 0.2) is 48.8 Å².